The van der Waals surface area contributed by atoms with Crippen molar-refractivity contribution in [1.82, 2.24) is 35.2 Å². The van der Waals surface area contributed by atoms with Gasteiger partial charge in [0.25, 0.3) is 0 Å². The second-order valence-electron chi connectivity index (χ2n) is 5.00. The van der Waals surface area contributed by atoms with E-state index in [1.807, 2.05) is 28.6 Å². The molecule has 0 aliphatic heterocycles. The van der Waals surface area contributed by atoms with E-state index in [4.69, 9.17) is 0 Å². The van der Waals surface area contributed by atoms with Gasteiger partial charge in [0.1, 0.15) is 12.2 Å². The molecule has 2 aromatic rings. The molecule has 0 amide bonds. The lowest BCUT2D eigenvalue weighted by Crippen LogP contribution is -2.40. The lowest BCUT2D eigenvalue weighted by atomic mass is 10.4. The van der Waals surface area contributed by atoms with Crippen molar-refractivity contribution in [2.24, 2.45) is 4.99 Å². The minimum absolute atomic E-state index is 0.769. The van der Waals surface area contributed by atoms with Gasteiger partial charge in [-0.3, -0.25) is 9.67 Å². The molecule has 0 spiro atoms. The topological polar surface area (TPSA) is 85.0 Å². The average Bonchev–Trinajstić information content (AvgIpc) is 3.14. The van der Waals surface area contributed by atoms with E-state index in [9.17, 15) is 0 Å². The summed E-state index contributed by atoms with van der Waals surface area (Å²) in [4.78, 5) is 4.21. The molecule has 0 aliphatic rings. The summed E-state index contributed by atoms with van der Waals surface area (Å²) >= 11 is 0. The molecule has 0 aliphatic carbocycles. The van der Waals surface area contributed by atoms with Gasteiger partial charge in [-0.15, -0.1) is 10.2 Å². The summed E-state index contributed by atoms with van der Waals surface area (Å²) in [6.07, 6.45) is 6.53. The molecule has 2 N–H and O–H groups in total. The number of aromatic nitrogens is 5. The molecule has 2 rings (SSSR count). The maximum absolute atomic E-state index is 4.25. The van der Waals surface area contributed by atoms with E-state index in [-0.39, 0.29) is 0 Å². The normalized spacial score (nSPS) is 11.7. The molecule has 120 valence electrons. The molecular weight excluding hydrogens is 280 g/mol. The Kier molecular flexibility index (Phi) is 5.93. The van der Waals surface area contributed by atoms with Gasteiger partial charge in [-0.2, -0.15) is 5.10 Å². The predicted octanol–water partition coefficient (Wildman–Crippen LogP) is 0.211. The van der Waals surface area contributed by atoms with Gasteiger partial charge >= 0.3 is 0 Å². The maximum atomic E-state index is 4.25. The quantitative estimate of drug-likeness (QED) is 0.564. The fourth-order valence-corrected chi connectivity index (χ4v) is 2.13. The summed E-state index contributed by atoms with van der Waals surface area (Å²) in [6.45, 7) is 7.27. The molecule has 0 saturated carbocycles. The van der Waals surface area contributed by atoms with Crippen molar-refractivity contribution in [3.63, 3.8) is 0 Å². The second-order valence-corrected chi connectivity index (χ2v) is 5.00. The molecule has 2 heterocycles. The summed E-state index contributed by atoms with van der Waals surface area (Å²) in [5, 5.41) is 18.8. The Balaban J connectivity index is 1.69. The number of aryl methyl sites for hydroxylation is 2. The average molecular weight is 304 g/mol. The van der Waals surface area contributed by atoms with E-state index in [0.717, 1.165) is 44.4 Å². The first-order chi connectivity index (χ1) is 10.7. The van der Waals surface area contributed by atoms with Crippen molar-refractivity contribution in [2.45, 2.75) is 33.4 Å². The van der Waals surface area contributed by atoms with Gasteiger partial charge in [-0.25, -0.2) is 0 Å². The Bertz CT molecular complexity index is 598. The Morgan fingerprint density at radius 3 is 2.68 bits per heavy atom. The van der Waals surface area contributed by atoms with Crippen molar-refractivity contribution in [2.75, 3.05) is 20.1 Å². The van der Waals surface area contributed by atoms with Crippen LogP contribution >= 0.6 is 0 Å². The molecule has 0 unspecified atom stereocenters. The zero-order valence-electron chi connectivity index (χ0n) is 13.5. The Labute approximate surface area is 130 Å². The van der Waals surface area contributed by atoms with Gasteiger partial charge in [0.15, 0.2) is 5.96 Å². The minimum atomic E-state index is 0.769. The summed E-state index contributed by atoms with van der Waals surface area (Å²) in [7, 11) is 1.77. The minimum Gasteiger partial charge on any atom is -0.355 e. The van der Waals surface area contributed by atoms with Gasteiger partial charge in [-0.05, 0) is 12.5 Å². The van der Waals surface area contributed by atoms with Crippen molar-refractivity contribution in [3.05, 3.63) is 30.1 Å². The van der Waals surface area contributed by atoms with Crippen LogP contribution in [0.25, 0.3) is 0 Å². The van der Waals surface area contributed by atoms with E-state index in [1.165, 1.54) is 5.56 Å². The Hall–Kier alpha value is -2.38. The molecule has 0 fully saturated rings. The number of rotatable bonds is 7. The van der Waals surface area contributed by atoms with Crippen LogP contribution < -0.4 is 10.6 Å². The first-order valence-electron chi connectivity index (χ1n) is 7.53. The highest BCUT2D eigenvalue weighted by atomic mass is 15.3. The lowest BCUT2D eigenvalue weighted by molar-refractivity contribution is 0.591. The zero-order chi connectivity index (χ0) is 15.8. The molecule has 0 bridgehead atoms. The van der Waals surface area contributed by atoms with Crippen LogP contribution in [0.4, 0.5) is 0 Å². The highest BCUT2D eigenvalue weighted by Crippen LogP contribution is 1.95. The number of guanidine groups is 1. The molecule has 8 nitrogen and oxygen atoms in total. The Morgan fingerprint density at radius 1 is 1.27 bits per heavy atom. The highest BCUT2D eigenvalue weighted by Gasteiger charge is 2.02. The zero-order valence-corrected chi connectivity index (χ0v) is 13.5. The fourth-order valence-electron chi connectivity index (χ4n) is 2.13. The monoisotopic (exact) mass is 304 g/mol. The molecule has 0 atom stereocenters. The Morgan fingerprint density at radius 2 is 2.05 bits per heavy atom. The second kappa shape index (κ2) is 8.16. The number of aliphatic imine (C=N–C) groups is 1. The van der Waals surface area contributed by atoms with Crippen LogP contribution in [0.5, 0.6) is 0 Å². The summed E-state index contributed by atoms with van der Waals surface area (Å²) in [5.41, 5.74) is 1.17. The summed E-state index contributed by atoms with van der Waals surface area (Å²) in [6, 6.07) is 0. The number of hydrogen-bond donors (Lipinski definition) is 2. The first kappa shape index (κ1) is 16.0. The van der Waals surface area contributed by atoms with Crippen LogP contribution in [0.3, 0.4) is 0 Å². The smallest absolute Gasteiger partial charge is 0.191 e. The van der Waals surface area contributed by atoms with Crippen LogP contribution in [0.2, 0.25) is 0 Å². The van der Waals surface area contributed by atoms with E-state index in [0.29, 0.717) is 0 Å². The summed E-state index contributed by atoms with van der Waals surface area (Å²) < 4.78 is 3.97. The van der Waals surface area contributed by atoms with Crippen molar-refractivity contribution in [1.29, 1.82) is 0 Å². The SMILES string of the molecule is CCc1nncn1CCNC(=NC)NCCn1cc(C)cn1. The van der Waals surface area contributed by atoms with Gasteiger partial charge in [0, 0.05) is 39.3 Å². The van der Waals surface area contributed by atoms with E-state index in [2.05, 4.69) is 37.8 Å². The lowest BCUT2D eigenvalue weighted by Gasteiger charge is -2.12. The third-order valence-corrected chi connectivity index (χ3v) is 3.28. The van der Waals surface area contributed by atoms with E-state index in [1.54, 1.807) is 13.4 Å². The van der Waals surface area contributed by atoms with Crippen LogP contribution in [0.1, 0.15) is 18.3 Å². The van der Waals surface area contributed by atoms with Crippen LogP contribution in [-0.4, -0.2) is 50.6 Å². The highest BCUT2D eigenvalue weighted by molar-refractivity contribution is 5.79. The molecule has 22 heavy (non-hydrogen) atoms. The largest absolute Gasteiger partial charge is 0.355 e. The number of nitrogens with zero attached hydrogens (tertiary/aromatic N) is 6. The van der Waals surface area contributed by atoms with Crippen molar-refractivity contribution in [3.8, 4) is 0 Å². The summed E-state index contributed by atoms with van der Waals surface area (Å²) in [5.74, 6) is 1.79. The number of hydrogen-bond acceptors (Lipinski definition) is 4. The van der Waals surface area contributed by atoms with Crippen LogP contribution in [-0.2, 0) is 19.5 Å². The van der Waals surface area contributed by atoms with Gasteiger partial charge in [0.05, 0.1) is 12.7 Å². The van der Waals surface area contributed by atoms with Crippen molar-refractivity contribution >= 4 is 5.96 Å². The standard InChI is InChI=1S/C14H24N8/c1-4-13-20-18-11-21(13)7-5-16-14(15-3)17-6-8-22-10-12(2)9-19-22/h9-11H,4-8H2,1-3H3,(H2,15,16,17). The van der Waals surface area contributed by atoms with Crippen molar-refractivity contribution < 1.29 is 0 Å². The first-order valence-corrected chi connectivity index (χ1v) is 7.53. The molecule has 0 aromatic carbocycles. The fraction of sp³-hybridized carbons (Fsp3) is 0.571. The number of nitrogens with one attached hydrogen (secondary N) is 2. The molecule has 8 heteroatoms. The van der Waals surface area contributed by atoms with Crippen LogP contribution in [0.15, 0.2) is 23.7 Å². The van der Waals surface area contributed by atoms with Gasteiger partial charge < -0.3 is 15.2 Å². The van der Waals surface area contributed by atoms with E-state index < -0.39 is 0 Å². The molecule has 0 radical (unpaired) electrons. The van der Waals surface area contributed by atoms with Gasteiger partial charge in [-0.1, -0.05) is 6.92 Å². The molecule has 0 saturated heterocycles. The predicted molar refractivity (Wildman–Crippen MR) is 85.7 cm³/mol. The van der Waals surface area contributed by atoms with Crippen LogP contribution in [0, 0.1) is 6.92 Å². The van der Waals surface area contributed by atoms with E-state index >= 15 is 0 Å². The maximum Gasteiger partial charge on any atom is 0.191 e. The third-order valence-electron chi connectivity index (χ3n) is 3.28. The van der Waals surface area contributed by atoms with Gasteiger partial charge in [0.2, 0.25) is 0 Å². The molecule has 2 aromatic heterocycles. The third kappa shape index (κ3) is 4.57. The molecular formula is C14H24N8.